The Morgan fingerprint density at radius 3 is 2.41 bits per heavy atom. The number of ether oxygens (including phenoxy) is 1. The van der Waals surface area contributed by atoms with Gasteiger partial charge in [-0.05, 0) is 6.92 Å². The summed E-state index contributed by atoms with van der Waals surface area (Å²) in [7, 11) is 0. The SMILES string of the molecule is CCOC(=O)c1nc(C(=O)O)c(C(F)(F)F)s1. The summed E-state index contributed by atoms with van der Waals surface area (Å²) < 4.78 is 41.7. The van der Waals surface area contributed by atoms with Crippen molar-refractivity contribution in [2.45, 2.75) is 13.1 Å². The van der Waals surface area contributed by atoms with Gasteiger partial charge >= 0.3 is 18.1 Å². The number of aromatic carboxylic acids is 1. The van der Waals surface area contributed by atoms with Gasteiger partial charge in [0.15, 0.2) is 5.69 Å². The van der Waals surface area contributed by atoms with Gasteiger partial charge < -0.3 is 9.84 Å². The van der Waals surface area contributed by atoms with Crippen LogP contribution in [0.2, 0.25) is 0 Å². The van der Waals surface area contributed by atoms with Gasteiger partial charge in [0.05, 0.1) is 6.61 Å². The first-order chi connectivity index (χ1) is 7.77. The van der Waals surface area contributed by atoms with E-state index in [1.54, 1.807) is 0 Å². The number of alkyl halides is 3. The van der Waals surface area contributed by atoms with E-state index < -0.39 is 33.7 Å². The van der Waals surface area contributed by atoms with Crippen LogP contribution < -0.4 is 0 Å². The summed E-state index contributed by atoms with van der Waals surface area (Å²) in [5, 5.41) is 7.92. The Morgan fingerprint density at radius 1 is 1.47 bits per heavy atom. The molecule has 0 radical (unpaired) electrons. The number of aromatic nitrogens is 1. The maximum absolute atomic E-state index is 12.4. The third-order valence-corrected chi connectivity index (χ3v) is 2.62. The second-order valence-corrected chi connectivity index (χ2v) is 3.72. The van der Waals surface area contributed by atoms with Crippen LogP contribution in [0.4, 0.5) is 13.2 Å². The monoisotopic (exact) mass is 269 g/mol. The molecule has 0 atom stereocenters. The summed E-state index contributed by atoms with van der Waals surface area (Å²) in [6.45, 7) is 1.43. The van der Waals surface area contributed by atoms with E-state index >= 15 is 0 Å². The normalized spacial score (nSPS) is 11.3. The molecule has 17 heavy (non-hydrogen) atoms. The summed E-state index contributed by atoms with van der Waals surface area (Å²) in [5.74, 6) is -2.92. The molecule has 0 aliphatic heterocycles. The summed E-state index contributed by atoms with van der Waals surface area (Å²) >= 11 is -0.0487. The highest BCUT2D eigenvalue weighted by Crippen LogP contribution is 2.36. The zero-order valence-electron chi connectivity index (χ0n) is 8.37. The van der Waals surface area contributed by atoms with Gasteiger partial charge in [-0.25, -0.2) is 14.6 Å². The molecule has 0 saturated heterocycles. The van der Waals surface area contributed by atoms with Crippen molar-refractivity contribution in [1.29, 1.82) is 0 Å². The summed E-state index contributed by atoms with van der Waals surface area (Å²) in [5.41, 5.74) is -1.19. The molecule has 0 saturated carbocycles. The Bertz CT molecular complexity index is 454. The average Bonchev–Trinajstić information content (AvgIpc) is 2.61. The number of hydrogen-bond donors (Lipinski definition) is 1. The van der Waals surface area contributed by atoms with Gasteiger partial charge in [0.1, 0.15) is 4.88 Å². The number of carboxylic acids is 1. The number of esters is 1. The highest BCUT2D eigenvalue weighted by molar-refractivity contribution is 7.14. The number of thiazole rings is 1. The molecule has 1 aromatic heterocycles. The summed E-state index contributed by atoms with van der Waals surface area (Å²) in [6, 6.07) is 0. The Balaban J connectivity index is 3.22. The van der Waals surface area contributed by atoms with Crippen molar-refractivity contribution in [2.24, 2.45) is 0 Å². The predicted octanol–water partition coefficient (Wildman–Crippen LogP) is 2.04. The Morgan fingerprint density at radius 2 is 2.06 bits per heavy atom. The van der Waals surface area contributed by atoms with Gasteiger partial charge in [-0.3, -0.25) is 0 Å². The van der Waals surface area contributed by atoms with E-state index in [0.717, 1.165) is 0 Å². The number of hydrogen-bond acceptors (Lipinski definition) is 5. The van der Waals surface area contributed by atoms with E-state index in [0.29, 0.717) is 0 Å². The minimum absolute atomic E-state index is 0.0395. The lowest BCUT2D eigenvalue weighted by molar-refractivity contribution is -0.135. The molecule has 94 valence electrons. The molecule has 9 heteroatoms. The third-order valence-electron chi connectivity index (χ3n) is 1.54. The highest BCUT2D eigenvalue weighted by Gasteiger charge is 2.40. The van der Waals surface area contributed by atoms with Crippen LogP contribution in [0.25, 0.3) is 0 Å². The first-order valence-electron chi connectivity index (χ1n) is 4.25. The number of carboxylic acid groups (broad SMARTS) is 1. The van der Waals surface area contributed by atoms with Crippen LogP contribution in [0.15, 0.2) is 0 Å². The molecule has 0 aromatic carbocycles. The number of rotatable bonds is 3. The van der Waals surface area contributed by atoms with E-state index in [1.165, 1.54) is 6.92 Å². The van der Waals surface area contributed by atoms with Gasteiger partial charge in [-0.2, -0.15) is 13.2 Å². The first kappa shape index (κ1) is 13.4. The molecule has 0 aliphatic carbocycles. The zero-order valence-corrected chi connectivity index (χ0v) is 9.18. The average molecular weight is 269 g/mol. The van der Waals surface area contributed by atoms with Crippen LogP contribution in [0.1, 0.15) is 32.1 Å². The molecule has 1 heterocycles. The second kappa shape index (κ2) is 4.70. The fourth-order valence-electron chi connectivity index (χ4n) is 0.937. The minimum Gasteiger partial charge on any atom is -0.476 e. The number of halogens is 3. The van der Waals surface area contributed by atoms with Gasteiger partial charge in [-0.1, -0.05) is 0 Å². The van der Waals surface area contributed by atoms with Crippen molar-refractivity contribution in [3.63, 3.8) is 0 Å². The maximum Gasteiger partial charge on any atom is 0.428 e. The van der Waals surface area contributed by atoms with E-state index in [4.69, 9.17) is 5.11 Å². The van der Waals surface area contributed by atoms with Crippen molar-refractivity contribution in [1.82, 2.24) is 4.98 Å². The van der Waals surface area contributed by atoms with E-state index in [1.807, 2.05) is 0 Å². The predicted molar refractivity (Wildman–Crippen MR) is 50.0 cm³/mol. The molecule has 1 N–H and O–H groups in total. The quantitative estimate of drug-likeness (QED) is 0.850. The lowest BCUT2D eigenvalue weighted by Gasteiger charge is -2.02. The van der Waals surface area contributed by atoms with Crippen LogP contribution in [-0.4, -0.2) is 28.6 Å². The number of carbonyl (C=O) groups is 2. The molecule has 0 spiro atoms. The molecule has 0 fully saturated rings. The number of carbonyl (C=O) groups excluding carboxylic acids is 1. The van der Waals surface area contributed by atoms with Crippen LogP contribution in [0.3, 0.4) is 0 Å². The molecule has 1 rings (SSSR count). The summed E-state index contributed by atoms with van der Waals surface area (Å²) in [6.07, 6.45) is -4.86. The van der Waals surface area contributed by atoms with Gasteiger partial charge in [0.25, 0.3) is 0 Å². The van der Waals surface area contributed by atoms with Gasteiger partial charge in [0.2, 0.25) is 5.01 Å². The molecular formula is C8H6F3NO4S. The van der Waals surface area contributed by atoms with Crippen LogP contribution in [0, 0.1) is 0 Å². The number of nitrogens with zero attached hydrogens (tertiary/aromatic N) is 1. The van der Waals surface area contributed by atoms with Crippen LogP contribution in [-0.2, 0) is 10.9 Å². The van der Waals surface area contributed by atoms with E-state index in [2.05, 4.69) is 9.72 Å². The Kier molecular flexibility index (Phi) is 3.71. The van der Waals surface area contributed by atoms with Crippen molar-refractivity contribution < 1.29 is 32.6 Å². The second-order valence-electron chi connectivity index (χ2n) is 2.72. The summed E-state index contributed by atoms with van der Waals surface area (Å²) in [4.78, 5) is 23.4. The highest BCUT2D eigenvalue weighted by atomic mass is 32.1. The molecule has 5 nitrogen and oxygen atoms in total. The minimum atomic E-state index is -4.86. The molecule has 0 amide bonds. The fraction of sp³-hybridized carbons (Fsp3) is 0.375. The maximum atomic E-state index is 12.4. The molecule has 1 aromatic rings. The lowest BCUT2D eigenvalue weighted by Crippen LogP contribution is -2.10. The lowest BCUT2D eigenvalue weighted by atomic mass is 10.3. The van der Waals surface area contributed by atoms with Crippen LogP contribution in [0.5, 0.6) is 0 Å². The largest absolute Gasteiger partial charge is 0.476 e. The van der Waals surface area contributed by atoms with Gasteiger partial charge in [-0.15, -0.1) is 11.3 Å². The molecule has 0 bridgehead atoms. The molecule has 0 unspecified atom stereocenters. The third kappa shape index (κ3) is 2.93. The van der Waals surface area contributed by atoms with E-state index in [-0.39, 0.29) is 17.9 Å². The molecular weight excluding hydrogens is 263 g/mol. The smallest absolute Gasteiger partial charge is 0.428 e. The Labute approximate surface area is 96.8 Å². The zero-order chi connectivity index (χ0) is 13.2. The fourth-order valence-corrected chi connectivity index (χ4v) is 1.76. The van der Waals surface area contributed by atoms with Crippen molar-refractivity contribution in [3.05, 3.63) is 15.6 Å². The molecule has 0 aliphatic rings. The topological polar surface area (TPSA) is 76.5 Å². The van der Waals surface area contributed by atoms with Crippen molar-refractivity contribution in [2.75, 3.05) is 6.61 Å². The standard InChI is InChI=1S/C8H6F3NO4S/c1-2-16-7(15)5-12-3(6(13)14)4(17-5)8(9,10)11/h2H2,1H3,(H,13,14). The van der Waals surface area contributed by atoms with Crippen molar-refractivity contribution >= 4 is 23.3 Å². The van der Waals surface area contributed by atoms with Gasteiger partial charge in [0, 0.05) is 0 Å². The van der Waals surface area contributed by atoms with Crippen LogP contribution >= 0.6 is 11.3 Å². The van der Waals surface area contributed by atoms with Crippen molar-refractivity contribution in [3.8, 4) is 0 Å². The Hall–Kier alpha value is -1.64. The first-order valence-corrected chi connectivity index (χ1v) is 5.07. The van der Waals surface area contributed by atoms with E-state index in [9.17, 15) is 22.8 Å².